The van der Waals surface area contributed by atoms with Crippen LogP contribution in [0.25, 0.3) is 51.1 Å². The molecule has 16 N–H and O–H groups in total. The van der Waals surface area contributed by atoms with Gasteiger partial charge >= 0.3 is 12.1 Å². The molecule has 0 unspecified atom stereocenters. The summed E-state index contributed by atoms with van der Waals surface area (Å²) >= 11 is 6.26. The maximum atomic E-state index is 13.4. The number of anilines is 5. The van der Waals surface area contributed by atoms with Crippen molar-refractivity contribution in [3.63, 3.8) is 0 Å². The Balaban J connectivity index is 0.000000142. The molecule has 41 heteroatoms. The van der Waals surface area contributed by atoms with Crippen molar-refractivity contribution in [1.29, 1.82) is 0 Å². The van der Waals surface area contributed by atoms with Crippen molar-refractivity contribution >= 4 is 190 Å². The summed E-state index contributed by atoms with van der Waals surface area (Å²) < 4.78 is 9.99. The summed E-state index contributed by atoms with van der Waals surface area (Å²) in [5.74, 6) is -1.21. The van der Waals surface area contributed by atoms with Crippen molar-refractivity contribution < 1.29 is 52.6 Å². The standard InChI is InChI=1S/C25H23N5O2S.C19H21N5O3S.C18H18N4OS.C16H22N6O3S.C14H19N5O2S/c1-15-16(2)28-29-23-19(15)20(26)21(33-23)24(32)30-13-25(14-30,18-11-7-4-8-12-18)27-22(31)17-9-5-3-6-10-17;1-11-12(2)23-24-18-14(11)15(20)16(28-18)17(25)21-8-9-22-19(26)27-10-13-6-4-3-5-7-13;1-9-4-5-12-7-22(8-13(12)6-9)18(23)16-15(19)14-10(2)11(3)20-21-17(14)24-16;1-8-9(2)20-21-15-11(8)12(17)13(26-15)14(23)19-10-6-22(7-10)16(24)18-4-5-25-3;1-7-8(2)17-18-14-10(7)11(15)12(22-14)13(21)16-5-6-19(4)9(3)20/h3-12H,13-14,26H2,1-2H3,(H,27,31);3-7H,8-10,20H2,1-2H3,(H,21,25)(H,22,26);4-6H,7-8,19H2,1-3H3;10H,4-7,17H2,1-3H3,(H,18,24)(H,19,23);5-6,15H2,1-4H3,(H,16,21). The molecule has 133 heavy (non-hydrogen) atoms. The Morgan fingerprint density at radius 2 is 0.842 bits per heavy atom. The molecule has 3 aliphatic rings. The minimum atomic E-state index is -0.665. The SMILES string of the molecule is CC(=O)N(C)CCNC(=O)c1sc2nnc(C)c(C)c2c1N.COCCNC(=O)N1CC(NC(=O)c2sc3nnc(C)c(C)c3c2N)C1.Cc1ccc2c(c1)CN(C(=O)c1sc3nnc(C)c(C)c3c1N)C2.Cc1nnc2sc(C(=O)N3CC(NC(=O)c4ccccc4)(c4ccccc4)C3)c(N)c2c1C.Cc1nnc2sc(C(=O)NCCNC(=O)OCc3ccccc3)c(N)c2c1C. The first-order valence-electron chi connectivity index (χ1n) is 42.3. The number of rotatable bonds is 20. The van der Waals surface area contributed by atoms with Gasteiger partial charge in [-0.1, -0.05) is 103 Å². The summed E-state index contributed by atoms with van der Waals surface area (Å²) in [5, 5.41) is 62.2. The van der Waals surface area contributed by atoms with Crippen LogP contribution in [0.3, 0.4) is 0 Å². The van der Waals surface area contributed by atoms with E-state index >= 15 is 0 Å². The van der Waals surface area contributed by atoms with Gasteiger partial charge in [0, 0.05) is 112 Å². The Morgan fingerprint density at radius 3 is 1.29 bits per heavy atom. The van der Waals surface area contributed by atoms with Gasteiger partial charge in [0.1, 0.15) is 60.7 Å². The Morgan fingerprint density at radius 1 is 0.444 bits per heavy atom. The number of nitrogens with one attached hydrogen (secondary N) is 6. The smallest absolute Gasteiger partial charge is 0.407 e. The number of nitrogens with zero attached hydrogens (tertiary/aromatic N) is 14. The van der Waals surface area contributed by atoms with Crippen LogP contribution in [0, 0.1) is 76.2 Å². The molecule has 0 atom stereocenters. The summed E-state index contributed by atoms with van der Waals surface area (Å²) in [7, 11) is 3.26. The van der Waals surface area contributed by atoms with Gasteiger partial charge in [-0.25, -0.2) is 9.59 Å². The number of likely N-dealkylation sites (N-methyl/N-ethyl adjacent to an activating group) is 1. The van der Waals surface area contributed by atoms with Crippen molar-refractivity contribution in [2.45, 2.75) is 114 Å². The van der Waals surface area contributed by atoms with Crippen LogP contribution in [0.4, 0.5) is 38.0 Å². The van der Waals surface area contributed by atoms with Crippen LogP contribution in [0.1, 0.15) is 150 Å². The third-order valence-electron chi connectivity index (χ3n) is 23.2. The van der Waals surface area contributed by atoms with Crippen molar-refractivity contribution in [2.24, 2.45) is 0 Å². The lowest BCUT2D eigenvalue weighted by atomic mass is 9.81. The second-order valence-electron chi connectivity index (χ2n) is 32.3. The molecule has 0 spiro atoms. The number of amides is 10. The number of likely N-dealkylation sites (tertiary alicyclic amines) is 2. The number of nitrogens with two attached hydrogens (primary N) is 5. The van der Waals surface area contributed by atoms with Crippen molar-refractivity contribution in [2.75, 3.05) is 108 Å². The molecule has 3 aliphatic heterocycles. The van der Waals surface area contributed by atoms with E-state index in [0.29, 0.717) is 143 Å². The summed E-state index contributed by atoms with van der Waals surface area (Å²) in [6.07, 6.45) is -0.541. The van der Waals surface area contributed by atoms with Crippen LogP contribution in [-0.4, -0.2) is 210 Å². The summed E-state index contributed by atoms with van der Waals surface area (Å²) in [6, 6.07) is 34.3. The fourth-order valence-electron chi connectivity index (χ4n) is 14.8. The monoisotopic (exact) mass is 1890 g/mol. The second-order valence-corrected chi connectivity index (χ2v) is 37.3. The van der Waals surface area contributed by atoms with Crippen molar-refractivity contribution in [3.05, 3.63) is 223 Å². The predicted molar refractivity (Wildman–Crippen MR) is 520 cm³/mol. The number of hydrogen-bond acceptors (Lipinski definition) is 31. The number of carbonyl (C=O) groups excluding carboxylic acids is 9. The van der Waals surface area contributed by atoms with Gasteiger partial charge in [0.2, 0.25) is 5.91 Å². The largest absolute Gasteiger partial charge is 0.445 e. The number of nitrogen functional groups attached to an aromatic ring is 5. The third-order valence-corrected chi connectivity index (χ3v) is 28.6. The Hall–Kier alpha value is -14.1. The van der Waals surface area contributed by atoms with Gasteiger partial charge in [-0.3, -0.25) is 33.6 Å². The molecule has 10 aromatic heterocycles. The molecule has 14 aromatic rings. The zero-order valence-electron chi connectivity index (χ0n) is 75.8. The molecule has 2 saturated heterocycles. The highest BCUT2D eigenvalue weighted by Gasteiger charge is 2.49. The van der Waals surface area contributed by atoms with E-state index < -0.39 is 11.6 Å². The molecule has 13 heterocycles. The van der Waals surface area contributed by atoms with Gasteiger partial charge in [-0.05, 0) is 138 Å². The Bertz CT molecular complexity index is 6790. The molecule has 2 fully saturated rings. The third kappa shape index (κ3) is 21.4. The van der Waals surface area contributed by atoms with E-state index in [2.05, 4.69) is 108 Å². The van der Waals surface area contributed by atoms with E-state index in [9.17, 15) is 43.2 Å². The van der Waals surface area contributed by atoms with Crippen LogP contribution >= 0.6 is 56.7 Å². The maximum Gasteiger partial charge on any atom is 0.407 e. The van der Waals surface area contributed by atoms with Crippen LogP contribution in [0.2, 0.25) is 0 Å². The fraction of sp³-hybridized carbons (Fsp3) is 0.315. The topological polar surface area (TPSA) is 516 Å². The Labute approximate surface area is 785 Å². The minimum absolute atomic E-state index is 0.0265. The van der Waals surface area contributed by atoms with Gasteiger partial charge in [0.05, 0.1) is 82.6 Å². The molecule has 36 nitrogen and oxygen atoms in total. The van der Waals surface area contributed by atoms with Crippen LogP contribution in [0.15, 0.2) is 109 Å². The quantitative estimate of drug-likeness (QED) is 0.0316. The van der Waals surface area contributed by atoms with E-state index in [4.69, 9.17) is 38.1 Å². The molecule has 0 aliphatic carbocycles. The number of alkyl carbamates (subject to hydrolysis) is 1. The Kier molecular flexibility index (Phi) is 30.4. The van der Waals surface area contributed by atoms with E-state index in [0.717, 1.165) is 99.2 Å². The molecule has 17 rings (SSSR count). The van der Waals surface area contributed by atoms with Gasteiger partial charge in [0.15, 0.2) is 0 Å². The van der Waals surface area contributed by atoms with Gasteiger partial charge < -0.3 is 89.6 Å². The van der Waals surface area contributed by atoms with Gasteiger partial charge in [-0.2, -0.15) is 25.5 Å². The summed E-state index contributed by atoms with van der Waals surface area (Å²) in [6.45, 7) is 27.9. The van der Waals surface area contributed by atoms with Gasteiger partial charge in [0.25, 0.3) is 35.4 Å². The van der Waals surface area contributed by atoms with E-state index in [1.54, 1.807) is 36.1 Å². The highest BCUT2D eigenvalue weighted by atomic mass is 32.1. The highest BCUT2D eigenvalue weighted by molar-refractivity contribution is 7.23. The first-order valence-corrected chi connectivity index (χ1v) is 46.4. The van der Waals surface area contributed by atoms with E-state index in [1.165, 1.54) is 85.2 Å². The number of aromatic nitrogens is 10. The van der Waals surface area contributed by atoms with E-state index in [-0.39, 0.29) is 73.1 Å². The maximum absolute atomic E-state index is 13.4. The van der Waals surface area contributed by atoms with Crippen LogP contribution in [0.5, 0.6) is 0 Å². The molecule has 10 amide bonds. The lowest BCUT2D eigenvalue weighted by Crippen LogP contribution is -2.68. The molecule has 692 valence electrons. The van der Waals surface area contributed by atoms with Crippen molar-refractivity contribution in [1.82, 2.24) is 102 Å². The number of ether oxygens (including phenoxy) is 2. The lowest BCUT2D eigenvalue weighted by Gasteiger charge is -2.50. The predicted octanol–water partition coefficient (Wildman–Crippen LogP) is 11.3. The number of methoxy groups -OCH3 is 1. The van der Waals surface area contributed by atoms with Crippen LogP contribution < -0.4 is 60.6 Å². The zero-order chi connectivity index (χ0) is 95.6. The zero-order valence-corrected chi connectivity index (χ0v) is 79.9. The number of thiophene rings is 5. The average molecular weight is 1900 g/mol. The molecule has 0 radical (unpaired) electrons. The van der Waals surface area contributed by atoms with E-state index in [1.807, 2.05) is 153 Å². The normalized spacial score (nSPS) is 12.9. The number of aryl methyl sites for hydroxylation is 11. The van der Waals surface area contributed by atoms with Crippen molar-refractivity contribution in [3.8, 4) is 0 Å². The molecule has 4 aromatic carbocycles. The first-order chi connectivity index (χ1) is 63.6. The molecular weight excluding hydrogens is 1790 g/mol. The highest BCUT2D eigenvalue weighted by Crippen LogP contribution is 2.43. The first kappa shape index (κ1) is 96.4. The molecule has 0 saturated carbocycles. The fourth-order valence-corrected chi connectivity index (χ4v) is 20.0. The number of hydrogen-bond donors (Lipinski definition) is 11. The minimum Gasteiger partial charge on any atom is -0.445 e. The number of fused-ring (bicyclic) bond motifs is 6. The second kappa shape index (κ2) is 42.0. The summed E-state index contributed by atoms with van der Waals surface area (Å²) in [5.41, 5.74) is 47.5. The molecular formula is C92H103N25O11S5. The van der Waals surface area contributed by atoms with Gasteiger partial charge in [-0.15, -0.1) is 82.2 Å². The number of carbonyl (C=O) groups is 9. The van der Waals surface area contributed by atoms with Crippen LogP contribution in [-0.2, 0) is 39.5 Å². The lowest BCUT2D eigenvalue weighted by molar-refractivity contribution is -0.127. The summed E-state index contributed by atoms with van der Waals surface area (Å²) in [4.78, 5) is 124. The molecule has 0 bridgehead atoms. The average Bonchev–Trinajstić information content (AvgIpc) is 1.68. The number of benzene rings is 4. The number of urea groups is 1.